The van der Waals surface area contributed by atoms with Crippen LogP contribution in [0.5, 0.6) is 0 Å². The fraction of sp³-hybridized carbons (Fsp3) is 0.643. The number of aromatic nitrogens is 2. The van der Waals surface area contributed by atoms with Crippen LogP contribution >= 0.6 is 11.6 Å². The average molecular weight is 299 g/mol. The van der Waals surface area contributed by atoms with Gasteiger partial charge in [-0.3, -0.25) is 0 Å². The van der Waals surface area contributed by atoms with Crippen LogP contribution in [0.15, 0.2) is 6.20 Å². The van der Waals surface area contributed by atoms with Gasteiger partial charge in [0.1, 0.15) is 5.60 Å². The molecule has 1 aromatic rings. The molecule has 1 saturated carbocycles. The van der Waals surface area contributed by atoms with Crippen LogP contribution < -0.4 is 0 Å². The Hall–Kier alpha value is -1.20. The van der Waals surface area contributed by atoms with Gasteiger partial charge in [0.2, 0.25) is 0 Å². The van der Waals surface area contributed by atoms with Gasteiger partial charge in [0, 0.05) is 6.61 Å². The minimum absolute atomic E-state index is 0.0570. The SMILES string of the molecule is CCOC1(c2ncc(Cl)c(C(=O)O)n2)CCCCCC1. The summed E-state index contributed by atoms with van der Waals surface area (Å²) in [7, 11) is 0. The van der Waals surface area contributed by atoms with Gasteiger partial charge < -0.3 is 9.84 Å². The molecule has 1 aliphatic rings. The van der Waals surface area contributed by atoms with Gasteiger partial charge in [-0.15, -0.1) is 0 Å². The molecule has 1 aliphatic carbocycles. The Bertz CT molecular complexity index is 485. The standard InChI is InChI=1S/C14H19ClN2O3/c1-2-20-14(7-5-3-4-6-8-14)13-16-9-10(15)11(17-13)12(18)19/h9H,2-8H2,1H3,(H,18,19). The molecule has 0 unspecified atom stereocenters. The van der Waals surface area contributed by atoms with Crippen molar-refractivity contribution in [2.24, 2.45) is 0 Å². The lowest BCUT2D eigenvalue weighted by Crippen LogP contribution is -2.32. The van der Waals surface area contributed by atoms with Crippen LogP contribution in [0.4, 0.5) is 0 Å². The highest BCUT2D eigenvalue weighted by Crippen LogP contribution is 2.38. The first-order valence-corrected chi connectivity index (χ1v) is 7.37. The predicted molar refractivity (Wildman–Crippen MR) is 75.0 cm³/mol. The van der Waals surface area contributed by atoms with E-state index in [9.17, 15) is 4.79 Å². The van der Waals surface area contributed by atoms with Crippen LogP contribution in [0, 0.1) is 0 Å². The van der Waals surface area contributed by atoms with Crippen molar-refractivity contribution in [3.8, 4) is 0 Å². The van der Waals surface area contributed by atoms with Gasteiger partial charge in [-0.05, 0) is 19.8 Å². The molecular weight excluding hydrogens is 280 g/mol. The molecule has 0 spiro atoms. The lowest BCUT2D eigenvalue weighted by atomic mass is 9.93. The molecule has 1 heterocycles. The van der Waals surface area contributed by atoms with E-state index in [-0.39, 0.29) is 10.7 Å². The molecule has 20 heavy (non-hydrogen) atoms. The summed E-state index contributed by atoms with van der Waals surface area (Å²) in [5.74, 6) is -0.693. The fourth-order valence-corrected chi connectivity index (χ4v) is 2.92. The molecule has 1 N–H and O–H groups in total. The van der Waals surface area contributed by atoms with E-state index in [1.54, 1.807) is 0 Å². The smallest absolute Gasteiger partial charge is 0.356 e. The number of carboxylic acids is 1. The quantitative estimate of drug-likeness (QED) is 0.862. The van der Waals surface area contributed by atoms with E-state index in [1.165, 1.54) is 6.20 Å². The van der Waals surface area contributed by atoms with E-state index in [0.29, 0.717) is 12.4 Å². The third-order valence-electron chi connectivity index (χ3n) is 3.69. The van der Waals surface area contributed by atoms with Crippen LogP contribution in [0.2, 0.25) is 5.02 Å². The summed E-state index contributed by atoms with van der Waals surface area (Å²) in [6.45, 7) is 2.48. The number of carbonyl (C=O) groups is 1. The number of ether oxygens (including phenoxy) is 1. The summed E-state index contributed by atoms with van der Waals surface area (Å²) < 4.78 is 5.95. The van der Waals surface area contributed by atoms with Gasteiger partial charge >= 0.3 is 5.97 Å². The molecule has 0 bridgehead atoms. The van der Waals surface area contributed by atoms with E-state index in [2.05, 4.69) is 9.97 Å². The summed E-state index contributed by atoms with van der Waals surface area (Å²) in [5.41, 5.74) is -0.722. The van der Waals surface area contributed by atoms with Crippen LogP contribution in [-0.4, -0.2) is 27.7 Å². The van der Waals surface area contributed by atoms with Gasteiger partial charge in [-0.25, -0.2) is 14.8 Å². The summed E-state index contributed by atoms with van der Waals surface area (Å²) in [4.78, 5) is 19.6. The first-order valence-electron chi connectivity index (χ1n) is 6.99. The molecule has 5 nitrogen and oxygen atoms in total. The number of hydrogen-bond donors (Lipinski definition) is 1. The van der Waals surface area contributed by atoms with E-state index >= 15 is 0 Å². The monoisotopic (exact) mass is 298 g/mol. The summed E-state index contributed by atoms with van der Waals surface area (Å²) in [6.07, 6.45) is 7.40. The topological polar surface area (TPSA) is 72.3 Å². The van der Waals surface area contributed by atoms with Crippen molar-refractivity contribution in [2.75, 3.05) is 6.61 Å². The number of halogens is 1. The average Bonchev–Trinajstić information content (AvgIpc) is 2.66. The van der Waals surface area contributed by atoms with Crippen LogP contribution in [0.1, 0.15) is 61.8 Å². The number of carboxylic acid groups (broad SMARTS) is 1. The number of aromatic carboxylic acids is 1. The second-order valence-corrected chi connectivity index (χ2v) is 5.44. The summed E-state index contributed by atoms with van der Waals surface area (Å²) in [6, 6.07) is 0. The number of nitrogens with zero attached hydrogens (tertiary/aromatic N) is 2. The second-order valence-electron chi connectivity index (χ2n) is 5.04. The Labute approximate surface area is 123 Å². The minimum Gasteiger partial charge on any atom is -0.476 e. The molecule has 2 rings (SSSR count). The first kappa shape index (κ1) is 15.2. The Morgan fingerprint density at radius 2 is 2.05 bits per heavy atom. The lowest BCUT2D eigenvalue weighted by Gasteiger charge is -2.31. The van der Waals surface area contributed by atoms with Crippen molar-refractivity contribution in [1.82, 2.24) is 9.97 Å². The third-order valence-corrected chi connectivity index (χ3v) is 3.96. The Morgan fingerprint density at radius 1 is 1.40 bits per heavy atom. The molecule has 1 aromatic heterocycles. The normalized spacial score (nSPS) is 18.5. The molecule has 6 heteroatoms. The van der Waals surface area contributed by atoms with E-state index < -0.39 is 11.6 Å². The molecule has 0 radical (unpaired) electrons. The molecule has 0 aromatic carbocycles. The highest BCUT2D eigenvalue weighted by Gasteiger charge is 2.37. The Kier molecular flexibility index (Phi) is 4.94. The number of rotatable bonds is 4. The van der Waals surface area contributed by atoms with Crippen LogP contribution in [0.3, 0.4) is 0 Å². The van der Waals surface area contributed by atoms with E-state index in [4.69, 9.17) is 21.4 Å². The predicted octanol–water partition coefficient (Wildman–Crippen LogP) is 3.41. The maximum atomic E-state index is 11.2. The maximum Gasteiger partial charge on any atom is 0.356 e. The lowest BCUT2D eigenvalue weighted by molar-refractivity contribution is -0.0625. The van der Waals surface area contributed by atoms with E-state index in [0.717, 1.165) is 38.5 Å². The van der Waals surface area contributed by atoms with Crippen molar-refractivity contribution in [2.45, 2.75) is 51.0 Å². The summed E-state index contributed by atoms with van der Waals surface area (Å²) >= 11 is 5.84. The Balaban J connectivity index is 2.42. The molecule has 110 valence electrons. The Morgan fingerprint density at radius 3 is 2.60 bits per heavy atom. The van der Waals surface area contributed by atoms with E-state index in [1.807, 2.05) is 6.92 Å². The summed E-state index contributed by atoms with van der Waals surface area (Å²) in [5, 5.41) is 9.20. The molecular formula is C14H19ClN2O3. The number of hydrogen-bond acceptors (Lipinski definition) is 4. The molecule has 0 saturated heterocycles. The molecule has 0 aliphatic heterocycles. The molecule has 0 amide bonds. The molecule has 1 fully saturated rings. The highest BCUT2D eigenvalue weighted by molar-refractivity contribution is 6.33. The fourth-order valence-electron chi connectivity index (χ4n) is 2.75. The maximum absolute atomic E-state index is 11.2. The molecule has 0 atom stereocenters. The largest absolute Gasteiger partial charge is 0.476 e. The zero-order valence-electron chi connectivity index (χ0n) is 11.6. The zero-order chi connectivity index (χ0) is 14.6. The van der Waals surface area contributed by atoms with Gasteiger partial charge in [0.25, 0.3) is 0 Å². The van der Waals surface area contributed by atoms with Crippen molar-refractivity contribution < 1.29 is 14.6 Å². The van der Waals surface area contributed by atoms with Gasteiger partial charge in [0.15, 0.2) is 11.5 Å². The van der Waals surface area contributed by atoms with Crippen molar-refractivity contribution in [3.63, 3.8) is 0 Å². The van der Waals surface area contributed by atoms with Crippen molar-refractivity contribution in [1.29, 1.82) is 0 Å². The van der Waals surface area contributed by atoms with Crippen LogP contribution in [0.25, 0.3) is 0 Å². The minimum atomic E-state index is -1.14. The third kappa shape index (κ3) is 3.10. The van der Waals surface area contributed by atoms with Gasteiger partial charge in [-0.1, -0.05) is 37.3 Å². The highest BCUT2D eigenvalue weighted by atomic mass is 35.5. The van der Waals surface area contributed by atoms with Crippen molar-refractivity contribution >= 4 is 17.6 Å². The van der Waals surface area contributed by atoms with Gasteiger partial charge in [-0.2, -0.15) is 0 Å². The zero-order valence-corrected chi connectivity index (χ0v) is 12.3. The van der Waals surface area contributed by atoms with Gasteiger partial charge in [0.05, 0.1) is 11.2 Å². The van der Waals surface area contributed by atoms with Crippen molar-refractivity contribution in [3.05, 3.63) is 22.7 Å². The first-order chi connectivity index (χ1) is 9.59. The second kappa shape index (κ2) is 6.50. The van der Waals surface area contributed by atoms with Crippen LogP contribution in [-0.2, 0) is 10.3 Å².